The van der Waals surface area contributed by atoms with Gasteiger partial charge >= 0.3 is 0 Å². The number of fused-ring (bicyclic) bond motifs is 1. The molecule has 3 aromatic heterocycles. The van der Waals surface area contributed by atoms with Gasteiger partial charge in [-0.05, 0) is 63.1 Å². The number of pyridine rings is 2. The highest BCUT2D eigenvalue weighted by Gasteiger charge is 2.27. The maximum absolute atomic E-state index is 14.5. The van der Waals surface area contributed by atoms with Gasteiger partial charge in [0.2, 0.25) is 5.95 Å². The summed E-state index contributed by atoms with van der Waals surface area (Å²) in [7, 11) is 0. The molecule has 1 fully saturated rings. The van der Waals surface area contributed by atoms with Crippen molar-refractivity contribution in [2.24, 2.45) is 16.8 Å². The lowest BCUT2D eigenvalue weighted by Crippen LogP contribution is -2.41. The summed E-state index contributed by atoms with van der Waals surface area (Å²) in [5.74, 6) is 1.36. The van der Waals surface area contributed by atoms with Crippen LogP contribution >= 0.6 is 23.1 Å². The molecule has 1 unspecified atom stereocenters. The van der Waals surface area contributed by atoms with Crippen molar-refractivity contribution in [2.75, 3.05) is 19.3 Å². The Bertz CT molecular complexity index is 1240. The molecule has 1 aliphatic heterocycles. The number of hydrogen-bond acceptors (Lipinski definition) is 7. The number of ether oxygens (including phenoxy) is 1. The van der Waals surface area contributed by atoms with E-state index in [1.165, 1.54) is 23.1 Å². The molecule has 1 saturated heterocycles. The van der Waals surface area contributed by atoms with Gasteiger partial charge in [-0.2, -0.15) is 4.39 Å². The molecular weight excluding hydrogens is 483 g/mol. The van der Waals surface area contributed by atoms with E-state index in [0.717, 1.165) is 37.3 Å². The Balaban J connectivity index is 1.40. The first kappa shape index (κ1) is 25.5. The van der Waals surface area contributed by atoms with E-state index in [1.807, 2.05) is 33.1 Å². The van der Waals surface area contributed by atoms with Crippen molar-refractivity contribution in [2.45, 2.75) is 51.7 Å². The van der Waals surface area contributed by atoms with Crippen LogP contribution in [-0.4, -0.2) is 57.0 Å². The summed E-state index contributed by atoms with van der Waals surface area (Å²) in [4.78, 5) is 20.6. The molecule has 4 rings (SSSR count). The van der Waals surface area contributed by atoms with Crippen LogP contribution in [0.15, 0.2) is 34.3 Å². The summed E-state index contributed by atoms with van der Waals surface area (Å²) in [6, 6.07) is 7.13. The summed E-state index contributed by atoms with van der Waals surface area (Å²) >= 11 is 2.78. The molecule has 0 radical (unpaired) electrons. The normalized spacial score (nSPS) is 16.2. The van der Waals surface area contributed by atoms with Gasteiger partial charge in [-0.3, -0.25) is 5.41 Å². The largest absolute Gasteiger partial charge is 0.467 e. The molecule has 0 bridgehead atoms. The minimum atomic E-state index is -0.522. The first-order valence-electron chi connectivity index (χ1n) is 11.8. The molecule has 4 heterocycles. The predicted octanol–water partition coefficient (Wildman–Crippen LogP) is 6.15. The molecule has 1 aliphatic rings. The zero-order valence-electron chi connectivity index (χ0n) is 20.7. The van der Waals surface area contributed by atoms with E-state index < -0.39 is 5.95 Å². The van der Waals surface area contributed by atoms with Gasteiger partial charge in [0.05, 0.1) is 16.3 Å². The van der Waals surface area contributed by atoms with E-state index >= 15 is 0 Å². The molecule has 10 heteroatoms. The molecule has 7 nitrogen and oxygen atoms in total. The van der Waals surface area contributed by atoms with Gasteiger partial charge in [0.15, 0.2) is 0 Å². The average Bonchev–Trinajstić information content (AvgIpc) is 3.25. The number of thioether (sulfide) groups is 1. The van der Waals surface area contributed by atoms with Crippen molar-refractivity contribution in [1.82, 2.24) is 19.9 Å². The lowest BCUT2D eigenvalue weighted by atomic mass is 9.92. The predicted molar refractivity (Wildman–Crippen MR) is 142 cm³/mol. The molecule has 0 amide bonds. The number of thiazole rings is 1. The second kappa shape index (κ2) is 11.0. The third-order valence-electron chi connectivity index (χ3n) is 6.32. The quantitative estimate of drug-likeness (QED) is 0.184. The topological polar surface area (TPSA) is 87.4 Å². The summed E-state index contributed by atoms with van der Waals surface area (Å²) < 4.78 is 20.7. The van der Waals surface area contributed by atoms with Crippen LogP contribution < -0.4 is 4.74 Å². The SMILES string of the molecule is CSc1ccc(-c2ccc3nc(OC(C)C4CCN(C(C)=NC(=N)C(C)C)CC4)sc3n2)c(F)n1. The zero-order valence-corrected chi connectivity index (χ0v) is 22.3. The van der Waals surface area contributed by atoms with Gasteiger partial charge in [0, 0.05) is 19.0 Å². The van der Waals surface area contributed by atoms with Gasteiger partial charge in [-0.1, -0.05) is 25.2 Å². The second-order valence-corrected chi connectivity index (χ2v) is 10.8. The van der Waals surface area contributed by atoms with Gasteiger partial charge in [-0.15, -0.1) is 11.8 Å². The van der Waals surface area contributed by atoms with Crippen molar-refractivity contribution in [3.05, 3.63) is 30.2 Å². The van der Waals surface area contributed by atoms with E-state index in [0.29, 0.717) is 38.1 Å². The van der Waals surface area contributed by atoms with E-state index in [-0.39, 0.29) is 12.0 Å². The monoisotopic (exact) mass is 514 g/mol. The molecule has 0 aromatic carbocycles. The van der Waals surface area contributed by atoms with Crippen LogP contribution in [0, 0.1) is 23.2 Å². The van der Waals surface area contributed by atoms with Crippen LogP contribution in [0.1, 0.15) is 40.5 Å². The number of amidine groups is 2. The lowest BCUT2D eigenvalue weighted by molar-refractivity contribution is 0.109. The van der Waals surface area contributed by atoms with Crippen LogP contribution in [0.25, 0.3) is 21.6 Å². The number of nitrogens with zero attached hydrogens (tertiary/aromatic N) is 5. The zero-order chi connectivity index (χ0) is 25.1. The number of hydrogen-bond donors (Lipinski definition) is 1. The van der Waals surface area contributed by atoms with Crippen molar-refractivity contribution in [3.63, 3.8) is 0 Å². The van der Waals surface area contributed by atoms with E-state index in [2.05, 4.69) is 31.8 Å². The summed E-state index contributed by atoms with van der Waals surface area (Å²) in [5, 5.41) is 9.21. The number of nitrogens with one attached hydrogen (secondary N) is 1. The van der Waals surface area contributed by atoms with E-state index in [1.54, 1.807) is 18.2 Å². The molecule has 35 heavy (non-hydrogen) atoms. The third-order valence-corrected chi connectivity index (χ3v) is 7.82. The number of aliphatic imine (C=N–C) groups is 1. The van der Waals surface area contributed by atoms with Crippen LogP contribution in [0.3, 0.4) is 0 Å². The van der Waals surface area contributed by atoms with Crippen LogP contribution in [0.5, 0.6) is 5.19 Å². The van der Waals surface area contributed by atoms with Crippen molar-refractivity contribution in [1.29, 1.82) is 5.41 Å². The minimum Gasteiger partial charge on any atom is -0.467 e. The first-order chi connectivity index (χ1) is 16.7. The second-order valence-electron chi connectivity index (χ2n) is 9.04. The molecule has 0 spiro atoms. The third kappa shape index (κ3) is 5.98. The van der Waals surface area contributed by atoms with Crippen molar-refractivity contribution >= 4 is 45.1 Å². The highest BCUT2D eigenvalue weighted by molar-refractivity contribution is 7.98. The van der Waals surface area contributed by atoms with E-state index in [4.69, 9.17) is 10.1 Å². The van der Waals surface area contributed by atoms with Crippen LogP contribution in [0.4, 0.5) is 4.39 Å². The fourth-order valence-corrected chi connectivity index (χ4v) is 5.29. The van der Waals surface area contributed by atoms with E-state index in [9.17, 15) is 4.39 Å². The maximum Gasteiger partial charge on any atom is 0.276 e. The van der Waals surface area contributed by atoms with Crippen LogP contribution in [0.2, 0.25) is 0 Å². The molecule has 0 saturated carbocycles. The number of halogens is 1. The molecule has 1 atom stereocenters. The fraction of sp³-hybridized carbons (Fsp3) is 0.480. The first-order valence-corrected chi connectivity index (χ1v) is 13.8. The van der Waals surface area contributed by atoms with Crippen LogP contribution in [-0.2, 0) is 0 Å². The van der Waals surface area contributed by atoms with Gasteiger partial charge in [-0.25, -0.2) is 19.9 Å². The number of aromatic nitrogens is 3. The van der Waals surface area contributed by atoms with Gasteiger partial charge in [0.1, 0.15) is 28.1 Å². The minimum absolute atomic E-state index is 0.0177. The summed E-state index contributed by atoms with van der Waals surface area (Å²) in [6.45, 7) is 9.85. The molecule has 186 valence electrons. The Morgan fingerprint density at radius 2 is 1.91 bits per heavy atom. The lowest BCUT2D eigenvalue weighted by Gasteiger charge is -2.35. The Morgan fingerprint density at radius 1 is 1.17 bits per heavy atom. The molecule has 0 aliphatic carbocycles. The average molecular weight is 515 g/mol. The number of piperidine rings is 1. The Hall–Kier alpha value is -2.59. The number of likely N-dealkylation sites (tertiary alicyclic amines) is 1. The maximum atomic E-state index is 14.5. The smallest absolute Gasteiger partial charge is 0.276 e. The Morgan fingerprint density at radius 3 is 2.57 bits per heavy atom. The van der Waals surface area contributed by atoms with Gasteiger partial charge < -0.3 is 9.64 Å². The number of rotatable bonds is 6. The fourth-order valence-electron chi connectivity index (χ4n) is 4.04. The summed E-state index contributed by atoms with van der Waals surface area (Å²) in [5.41, 5.74) is 1.65. The van der Waals surface area contributed by atoms with Gasteiger partial charge in [0.25, 0.3) is 5.19 Å². The summed E-state index contributed by atoms with van der Waals surface area (Å²) in [6.07, 6.45) is 3.87. The molecule has 3 aromatic rings. The molecule has 1 N–H and O–H groups in total. The van der Waals surface area contributed by atoms with Crippen molar-refractivity contribution < 1.29 is 9.13 Å². The standard InChI is InChI=1S/C25H31FN6OS2/c1-14(2)23(27)28-16(4)32-12-10-17(11-13-32)15(3)33-25-30-20-8-7-19(29-24(20)35-25)18-6-9-21(34-5)31-22(18)26/h6-9,14-15,17,27H,10-13H2,1-5H3. The molecular formula is C25H31FN6OS2. The highest BCUT2D eigenvalue weighted by atomic mass is 32.2. The van der Waals surface area contributed by atoms with Crippen molar-refractivity contribution in [3.8, 4) is 16.5 Å². The Labute approximate surface area is 213 Å². The Kier molecular flexibility index (Phi) is 8.01. The highest BCUT2D eigenvalue weighted by Crippen LogP contribution is 2.32.